The molecule has 0 fully saturated rings. The van der Waals surface area contributed by atoms with Crippen molar-refractivity contribution in [3.8, 4) is 11.5 Å². The van der Waals surface area contributed by atoms with Crippen LogP contribution in [0, 0.1) is 0 Å². The SMILES string of the molecule is CC(OC(=O)c1ccccc1NS(=O)(=O)c1ccc(Cl)cc1)c1nnc(-c2ccccc2)o1. The van der Waals surface area contributed by atoms with E-state index in [-0.39, 0.29) is 22.0 Å². The molecular formula is C23H18ClN3O5S. The molecule has 4 rings (SSSR count). The molecule has 33 heavy (non-hydrogen) atoms. The van der Waals surface area contributed by atoms with E-state index in [1.807, 2.05) is 30.3 Å². The van der Waals surface area contributed by atoms with Gasteiger partial charge in [0, 0.05) is 10.6 Å². The molecule has 0 aliphatic heterocycles. The summed E-state index contributed by atoms with van der Waals surface area (Å²) in [5.74, 6) is -0.345. The third-order valence-corrected chi connectivity index (χ3v) is 6.24. The van der Waals surface area contributed by atoms with Gasteiger partial charge in [-0.15, -0.1) is 10.2 Å². The summed E-state index contributed by atoms with van der Waals surface area (Å²) in [4.78, 5) is 12.8. The predicted molar refractivity (Wildman–Crippen MR) is 122 cm³/mol. The first-order valence-corrected chi connectivity index (χ1v) is 11.7. The maximum absolute atomic E-state index is 12.8. The maximum atomic E-state index is 12.8. The third kappa shape index (κ3) is 5.21. The van der Waals surface area contributed by atoms with Gasteiger partial charge in [-0.3, -0.25) is 4.72 Å². The number of sulfonamides is 1. The first-order valence-electron chi connectivity index (χ1n) is 9.81. The van der Waals surface area contributed by atoms with Gasteiger partial charge in [-0.05, 0) is 55.5 Å². The van der Waals surface area contributed by atoms with Crippen molar-refractivity contribution in [1.29, 1.82) is 0 Å². The highest BCUT2D eigenvalue weighted by molar-refractivity contribution is 7.92. The normalized spacial score (nSPS) is 12.2. The Labute approximate surface area is 195 Å². The van der Waals surface area contributed by atoms with Crippen molar-refractivity contribution < 1.29 is 22.4 Å². The molecule has 4 aromatic rings. The van der Waals surface area contributed by atoms with E-state index in [4.69, 9.17) is 20.8 Å². The number of ether oxygens (including phenoxy) is 1. The number of nitrogens with zero attached hydrogens (tertiary/aromatic N) is 2. The van der Waals surface area contributed by atoms with Gasteiger partial charge in [-0.2, -0.15) is 0 Å². The van der Waals surface area contributed by atoms with Crippen LogP contribution in [0.25, 0.3) is 11.5 Å². The topological polar surface area (TPSA) is 111 Å². The average molecular weight is 484 g/mol. The van der Waals surface area contributed by atoms with E-state index >= 15 is 0 Å². The molecule has 0 spiro atoms. The summed E-state index contributed by atoms with van der Waals surface area (Å²) >= 11 is 5.83. The number of hydrogen-bond acceptors (Lipinski definition) is 7. The third-order valence-electron chi connectivity index (χ3n) is 4.61. The van der Waals surface area contributed by atoms with Gasteiger partial charge in [0.1, 0.15) is 0 Å². The van der Waals surface area contributed by atoms with Gasteiger partial charge >= 0.3 is 5.97 Å². The van der Waals surface area contributed by atoms with E-state index in [1.165, 1.54) is 36.4 Å². The van der Waals surface area contributed by atoms with Gasteiger partial charge in [0.2, 0.25) is 5.89 Å². The molecule has 0 radical (unpaired) electrons. The molecule has 1 N–H and O–H groups in total. The van der Waals surface area contributed by atoms with Gasteiger partial charge in [0.05, 0.1) is 16.1 Å². The predicted octanol–water partition coefficient (Wildman–Crippen LogP) is 5.11. The van der Waals surface area contributed by atoms with E-state index in [0.717, 1.165) is 5.56 Å². The van der Waals surface area contributed by atoms with Crippen molar-refractivity contribution in [3.63, 3.8) is 0 Å². The average Bonchev–Trinajstić information content (AvgIpc) is 3.31. The molecule has 3 aromatic carbocycles. The molecule has 168 valence electrons. The highest BCUT2D eigenvalue weighted by Crippen LogP contribution is 2.26. The van der Waals surface area contributed by atoms with Crippen molar-refractivity contribution in [2.24, 2.45) is 0 Å². The minimum absolute atomic E-state index is 0.00254. The molecule has 0 saturated heterocycles. The summed E-state index contributed by atoms with van der Waals surface area (Å²) in [5, 5.41) is 8.34. The largest absolute Gasteiger partial charge is 0.449 e. The molecule has 0 bridgehead atoms. The molecular weight excluding hydrogens is 466 g/mol. The van der Waals surface area contributed by atoms with Crippen LogP contribution in [0.5, 0.6) is 0 Å². The lowest BCUT2D eigenvalue weighted by molar-refractivity contribution is 0.0281. The monoisotopic (exact) mass is 483 g/mol. The number of aromatic nitrogens is 2. The van der Waals surface area contributed by atoms with Crippen LogP contribution in [0.3, 0.4) is 0 Å². The van der Waals surface area contributed by atoms with E-state index in [9.17, 15) is 13.2 Å². The smallest absolute Gasteiger partial charge is 0.341 e. The molecule has 1 unspecified atom stereocenters. The fourth-order valence-corrected chi connectivity index (χ4v) is 4.14. The minimum atomic E-state index is -3.95. The fraction of sp³-hybridized carbons (Fsp3) is 0.0870. The number of carbonyl (C=O) groups is 1. The Morgan fingerprint density at radius 1 is 0.970 bits per heavy atom. The van der Waals surface area contributed by atoms with Crippen LogP contribution in [-0.2, 0) is 14.8 Å². The number of para-hydroxylation sites is 1. The Balaban J connectivity index is 1.51. The van der Waals surface area contributed by atoms with Crippen LogP contribution in [0.15, 0.2) is 88.2 Å². The highest BCUT2D eigenvalue weighted by Gasteiger charge is 2.23. The lowest BCUT2D eigenvalue weighted by atomic mass is 10.2. The summed E-state index contributed by atoms with van der Waals surface area (Å²) < 4.78 is 39.0. The van der Waals surface area contributed by atoms with E-state index in [2.05, 4.69) is 14.9 Å². The van der Waals surface area contributed by atoms with E-state index in [0.29, 0.717) is 10.9 Å². The van der Waals surface area contributed by atoms with Crippen molar-refractivity contribution >= 4 is 33.3 Å². The molecule has 0 amide bonds. The molecule has 0 aliphatic rings. The minimum Gasteiger partial charge on any atom is -0.449 e. The molecule has 1 heterocycles. The second-order valence-corrected chi connectivity index (χ2v) is 9.08. The summed E-state index contributed by atoms with van der Waals surface area (Å²) in [7, 11) is -3.95. The Morgan fingerprint density at radius 3 is 2.36 bits per heavy atom. The van der Waals surface area contributed by atoms with Crippen molar-refractivity contribution in [2.45, 2.75) is 17.9 Å². The van der Waals surface area contributed by atoms with Crippen LogP contribution in [0.2, 0.25) is 5.02 Å². The lowest BCUT2D eigenvalue weighted by Gasteiger charge is -2.14. The molecule has 0 aliphatic carbocycles. The summed E-state index contributed by atoms with van der Waals surface area (Å²) in [6.45, 7) is 1.58. The van der Waals surface area contributed by atoms with Gasteiger partial charge in [-0.25, -0.2) is 13.2 Å². The molecule has 1 aromatic heterocycles. The molecule has 8 nitrogen and oxygen atoms in total. The number of benzene rings is 3. The number of rotatable bonds is 7. The first kappa shape index (κ1) is 22.5. The molecule has 10 heteroatoms. The Hall–Kier alpha value is -3.69. The Kier molecular flexibility index (Phi) is 6.43. The van der Waals surface area contributed by atoms with Crippen LogP contribution in [0.1, 0.15) is 29.3 Å². The van der Waals surface area contributed by atoms with Gasteiger partial charge in [-0.1, -0.05) is 41.9 Å². The Bertz CT molecular complexity index is 1370. The number of anilines is 1. The summed E-state index contributed by atoms with van der Waals surface area (Å²) in [6, 6.07) is 21.0. The van der Waals surface area contributed by atoms with Crippen molar-refractivity contribution in [3.05, 3.63) is 95.3 Å². The number of carbonyl (C=O) groups excluding carboxylic acids is 1. The number of halogens is 1. The lowest BCUT2D eigenvalue weighted by Crippen LogP contribution is -2.17. The number of hydrogen-bond donors (Lipinski definition) is 1. The standard InChI is InChI=1S/C23H18ClN3O5S/c1-15(21-25-26-22(32-21)16-7-3-2-4-8-16)31-23(28)19-9-5-6-10-20(19)27-33(29,30)18-13-11-17(24)12-14-18/h2-15,27H,1H3. The van der Waals surface area contributed by atoms with Gasteiger partial charge in [0.15, 0.2) is 6.10 Å². The maximum Gasteiger partial charge on any atom is 0.341 e. The van der Waals surface area contributed by atoms with Crippen LogP contribution >= 0.6 is 11.6 Å². The zero-order valence-electron chi connectivity index (χ0n) is 17.3. The second-order valence-electron chi connectivity index (χ2n) is 6.96. The number of nitrogens with one attached hydrogen (secondary N) is 1. The zero-order valence-corrected chi connectivity index (χ0v) is 18.9. The fourth-order valence-electron chi connectivity index (χ4n) is 2.94. The van der Waals surface area contributed by atoms with E-state index < -0.39 is 22.1 Å². The van der Waals surface area contributed by atoms with Gasteiger partial charge in [0.25, 0.3) is 15.9 Å². The quantitative estimate of drug-likeness (QED) is 0.363. The first-order chi connectivity index (χ1) is 15.8. The highest BCUT2D eigenvalue weighted by atomic mass is 35.5. The van der Waals surface area contributed by atoms with Crippen molar-refractivity contribution in [1.82, 2.24) is 10.2 Å². The molecule has 0 saturated carbocycles. The van der Waals surface area contributed by atoms with Crippen LogP contribution in [-0.4, -0.2) is 24.6 Å². The van der Waals surface area contributed by atoms with Crippen LogP contribution in [0.4, 0.5) is 5.69 Å². The number of esters is 1. The van der Waals surface area contributed by atoms with Crippen molar-refractivity contribution in [2.75, 3.05) is 4.72 Å². The van der Waals surface area contributed by atoms with E-state index in [1.54, 1.807) is 19.1 Å². The zero-order chi connectivity index (χ0) is 23.4. The van der Waals surface area contributed by atoms with Gasteiger partial charge < -0.3 is 9.15 Å². The summed E-state index contributed by atoms with van der Waals surface area (Å²) in [6.07, 6.45) is -0.858. The van der Waals surface area contributed by atoms with Crippen LogP contribution < -0.4 is 4.72 Å². The summed E-state index contributed by atoms with van der Waals surface area (Å²) in [5.41, 5.74) is 0.835. The Morgan fingerprint density at radius 2 is 1.64 bits per heavy atom. The second kappa shape index (κ2) is 9.43. The molecule has 1 atom stereocenters.